The van der Waals surface area contributed by atoms with E-state index >= 15 is 0 Å². The van der Waals surface area contributed by atoms with E-state index in [9.17, 15) is 10.1 Å². The molecule has 1 aromatic rings. The van der Waals surface area contributed by atoms with Gasteiger partial charge in [-0.2, -0.15) is 0 Å². The van der Waals surface area contributed by atoms with Crippen LogP contribution in [0.5, 0.6) is 5.75 Å². The number of methoxy groups -OCH3 is 1. The van der Waals surface area contributed by atoms with Crippen LogP contribution in [0.1, 0.15) is 12.8 Å². The molecule has 0 radical (unpaired) electrons. The fourth-order valence-electron chi connectivity index (χ4n) is 2.62. The number of ether oxygens (including phenoxy) is 1. The topological polar surface area (TPSA) is 67.6 Å². The van der Waals surface area contributed by atoms with Gasteiger partial charge in [-0.3, -0.25) is 10.1 Å². The van der Waals surface area contributed by atoms with Gasteiger partial charge in [-0.1, -0.05) is 0 Å². The van der Waals surface area contributed by atoms with Gasteiger partial charge in [0.1, 0.15) is 11.4 Å². The molecule has 6 heteroatoms. The molecule has 19 heavy (non-hydrogen) atoms. The van der Waals surface area contributed by atoms with Crippen LogP contribution in [0.25, 0.3) is 0 Å². The minimum atomic E-state index is -0.330. The van der Waals surface area contributed by atoms with Crippen molar-refractivity contribution in [3.63, 3.8) is 0 Å². The van der Waals surface area contributed by atoms with Crippen LogP contribution < -0.4 is 15.0 Å². The molecule has 0 aromatic heterocycles. The number of nitrogens with one attached hydrogen (secondary N) is 1. The van der Waals surface area contributed by atoms with Crippen molar-refractivity contribution < 1.29 is 9.66 Å². The summed E-state index contributed by atoms with van der Waals surface area (Å²) in [7, 11) is 3.47. The smallest absolute Gasteiger partial charge is 0.292 e. The number of hydrogen-bond acceptors (Lipinski definition) is 5. The number of benzene rings is 1. The molecule has 104 valence electrons. The van der Waals surface area contributed by atoms with Gasteiger partial charge < -0.3 is 15.0 Å². The van der Waals surface area contributed by atoms with Gasteiger partial charge in [0.25, 0.3) is 5.69 Å². The minimum Gasteiger partial charge on any atom is -0.497 e. The van der Waals surface area contributed by atoms with Gasteiger partial charge in [-0.15, -0.1) is 0 Å². The van der Waals surface area contributed by atoms with Crippen molar-refractivity contribution in [2.24, 2.45) is 0 Å². The SMILES string of the molecule is CNCC1CCCN1c1cc(OC)ccc1[N+](=O)[O-]. The molecule has 1 aliphatic heterocycles. The Morgan fingerprint density at radius 3 is 3.00 bits per heavy atom. The highest BCUT2D eigenvalue weighted by molar-refractivity contribution is 5.66. The predicted octanol–water partition coefficient (Wildman–Crippen LogP) is 1.79. The maximum absolute atomic E-state index is 11.2. The monoisotopic (exact) mass is 265 g/mol. The van der Waals surface area contributed by atoms with Gasteiger partial charge in [0.05, 0.1) is 12.0 Å². The van der Waals surface area contributed by atoms with Crippen molar-refractivity contribution in [1.29, 1.82) is 0 Å². The number of nitrogens with zero attached hydrogens (tertiary/aromatic N) is 2. The number of rotatable bonds is 5. The summed E-state index contributed by atoms with van der Waals surface area (Å²) in [5, 5.41) is 14.3. The molecule has 0 saturated carbocycles. The summed E-state index contributed by atoms with van der Waals surface area (Å²) in [6.45, 7) is 1.68. The molecule has 0 amide bonds. The van der Waals surface area contributed by atoms with Gasteiger partial charge in [0, 0.05) is 31.3 Å². The van der Waals surface area contributed by atoms with Crippen LogP contribution in [0, 0.1) is 10.1 Å². The highest BCUT2D eigenvalue weighted by Crippen LogP contribution is 2.36. The second kappa shape index (κ2) is 5.88. The second-order valence-electron chi connectivity index (χ2n) is 4.66. The molecule has 6 nitrogen and oxygen atoms in total. The molecule has 1 saturated heterocycles. The van der Waals surface area contributed by atoms with Gasteiger partial charge >= 0.3 is 0 Å². The summed E-state index contributed by atoms with van der Waals surface area (Å²) in [4.78, 5) is 12.9. The molecule has 1 fully saturated rings. The Morgan fingerprint density at radius 1 is 1.58 bits per heavy atom. The van der Waals surface area contributed by atoms with Crippen molar-refractivity contribution in [2.45, 2.75) is 18.9 Å². The zero-order valence-electron chi connectivity index (χ0n) is 11.3. The fourth-order valence-corrected chi connectivity index (χ4v) is 2.62. The molecule has 1 unspecified atom stereocenters. The van der Waals surface area contributed by atoms with Crippen molar-refractivity contribution in [3.05, 3.63) is 28.3 Å². The first-order chi connectivity index (χ1) is 9.17. The maximum atomic E-state index is 11.2. The summed E-state index contributed by atoms with van der Waals surface area (Å²) >= 11 is 0. The van der Waals surface area contributed by atoms with E-state index in [1.165, 1.54) is 6.07 Å². The van der Waals surface area contributed by atoms with E-state index in [0.29, 0.717) is 17.5 Å². The lowest BCUT2D eigenvalue weighted by Crippen LogP contribution is -2.37. The summed E-state index contributed by atoms with van der Waals surface area (Å²) in [5.74, 6) is 0.649. The van der Waals surface area contributed by atoms with Gasteiger partial charge in [0.2, 0.25) is 0 Å². The molecular weight excluding hydrogens is 246 g/mol. The minimum absolute atomic E-state index is 0.142. The first-order valence-corrected chi connectivity index (χ1v) is 6.41. The Bertz CT molecular complexity index is 464. The first-order valence-electron chi connectivity index (χ1n) is 6.41. The van der Waals surface area contributed by atoms with Crippen LogP contribution in [0.15, 0.2) is 18.2 Å². The lowest BCUT2D eigenvalue weighted by Gasteiger charge is -2.26. The van der Waals surface area contributed by atoms with E-state index in [0.717, 1.165) is 25.9 Å². The van der Waals surface area contributed by atoms with Gasteiger partial charge in [0.15, 0.2) is 0 Å². The summed E-state index contributed by atoms with van der Waals surface area (Å²) in [5.41, 5.74) is 0.797. The van der Waals surface area contributed by atoms with E-state index in [1.807, 2.05) is 7.05 Å². The predicted molar refractivity (Wildman–Crippen MR) is 73.9 cm³/mol. The van der Waals surface area contributed by atoms with Gasteiger partial charge in [-0.25, -0.2) is 0 Å². The molecule has 1 aliphatic rings. The van der Waals surface area contributed by atoms with Gasteiger partial charge in [-0.05, 0) is 26.0 Å². The second-order valence-corrected chi connectivity index (χ2v) is 4.66. The Labute approximate surface area is 112 Å². The number of anilines is 1. The van der Waals surface area contributed by atoms with E-state index < -0.39 is 0 Å². The molecule has 1 heterocycles. The summed E-state index contributed by atoms with van der Waals surface area (Å²) < 4.78 is 5.18. The van der Waals surface area contributed by atoms with E-state index in [4.69, 9.17) is 4.74 Å². The third-order valence-corrected chi connectivity index (χ3v) is 3.51. The average molecular weight is 265 g/mol. The van der Waals surface area contributed by atoms with Crippen LogP contribution in [-0.4, -0.2) is 38.2 Å². The number of nitro benzene ring substituents is 1. The normalized spacial score (nSPS) is 18.6. The van der Waals surface area contributed by atoms with Crippen LogP contribution in [0.3, 0.4) is 0 Å². The van der Waals surface area contributed by atoms with Crippen LogP contribution >= 0.6 is 0 Å². The molecule has 0 aliphatic carbocycles. The summed E-state index contributed by atoms with van der Waals surface area (Å²) in [6, 6.07) is 5.20. The zero-order chi connectivity index (χ0) is 13.8. The maximum Gasteiger partial charge on any atom is 0.292 e. The third-order valence-electron chi connectivity index (χ3n) is 3.51. The molecule has 2 rings (SSSR count). The Kier molecular flexibility index (Phi) is 4.21. The van der Waals surface area contributed by atoms with E-state index in [1.54, 1.807) is 19.2 Å². The van der Waals surface area contributed by atoms with Crippen molar-refractivity contribution in [3.8, 4) is 5.75 Å². The Morgan fingerprint density at radius 2 is 2.37 bits per heavy atom. The van der Waals surface area contributed by atoms with E-state index in [-0.39, 0.29) is 10.6 Å². The van der Waals surface area contributed by atoms with Crippen molar-refractivity contribution >= 4 is 11.4 Å². The zero-order valence-corrected chi connectivity index (χ0v) is 11.3. The highest BCUT2D eigenvalue weighted by Gasteiger charge is 2.29. The Hall–Kier alpha value is -1.82. The average Bonchev–Trinajstić information content (AvgIpc) is 2.86. The molecule has 0 bridgehead atoms. The molecule has 1 aromatic carbocycles. The van der Waals surface area contributed by atoms with Crippen LogP contribution in [0.2, 0.25) is 0 Å². The lowest BCUT2D eigenvalue weighted by atomic mass is 10.2. The molecular formula is C13H19N3O3. The molecule has 1 atom stereocenters. The molecule has 0 spiro atoms. The molecule has 1 N–H and O–H groups in total. The van der Waals surface area contributed by atoms with Crippen LogP contribution in [-0.2, 0) is 0 Å². The van der Waals surface area contributed by atoms with Crippen molar-refractivity contribution in [2.75, 3.05) is 32.1 Å². The number of nitro groups is 1. The number of likely N-dealkylation sites (N-methyl/N-ethyl adjacent to an activating group) is 1. The third kappa shape index (κ3) is 2.78. The van der Waals surface area contributed by atoms with Crippen molar-refractivity contribution in [1.82, 2.24) is 5.32 Å². The highest BCUT2D eigenvalue weighted by atomic mass is 16.6. The summed E-state index contributed by atoms with van der Waals surface area (Å²) in [6.07, 6.45) is 2.11. The standard InChI is InChI=1S/C13H19N3O3/c1-14-9-10-4-3-7-15(10)13-8-11(19-2)5-6-12(13)16(17)18/h5-6,8,10,14H,3-4,7,9H2,1-2H3. The Balaban J connectivity index is 2.38. The largest absolute Gasteiger partial charge is 0.497 e. The fraction of sp³-hybridized carbons (Fsp3) is 0.538. The quantitative estimate of drug-likeness (QED) is 0.649. The first kappa shape index (κ1) is 13.6. The van der Waals surface area contributed by atoms with Crippen LogP contribution in [0.4, 0.5) is 11.4 Å². The van der Waals surface area contributed by atoms with E-state index in [2.05, 4.69) is 10.2 Å². The number of hydrogen-bond donors (Lipinski definition) is 1. The lowest BCUT2D eigenvalue weighted by molar-refractivity contribution is -0.384.